The van der Waals surface area contributed by atoms with Crippen molar-refractivity contribution in [1.29, 1.82) is 0 Å². The molecule has 4 rings (SSSR count). The van der Waals surface area contributed by atoms with Crippen molar-refractivity contribution in [3.63, 3.8) is 0 Å². The SMILES string of the molecule is c1ncn(-c2ccc(NC3CCCC(C4CC4)C3)cn2)n1. The van der Waals surface area contributed by atoms with Crippen LogP contribution < -0.4 is 5.32 Å². The van der Waals surface area contributed by atoms with Crippen LogP contribution in [0.2, 0.25) is 0 Å². The van der Waals surface area contributed by atoms with Gasteiger partial charge in [0.05, 0.1) is 11.9 Å². The van der Waals surface area contributed by atoms with Crippen molar-refractivity contribution >= 4 is 5.69 Å². The van der Waals surface area contributed by atoms with E-state index < -0.39 is 0 Å². The van der Waals surface area contributed by atoms with Crippen LogP contribution in [0.3, 0.4) is 0 Å². The predicted octanol–water partition coefficient (Wildman–Crippen LogP) is 3.04. The highest BCUT2D eigenvalue weighted by Crippen LogP contribution is 2.44. The summed E-state index contributed by atoms with van der Waals surface area (Å²) in [7, 11) is 0. The number of hydrogen-bond donors (Lipinski definition) is 1. The molecule has 0 spiro atoms. The maximum absolute atomic E-state index is 4.45. The molecule has 21 heavy (non-hydrogen) atoms. The molecule has 0 aromatic carbocycles. The van der Waals surface area contributed by atoms with Gasteiger partial charge in [-0.1, -0.05) is 12.8 Å². The third kappa shape index (κ3) is 2.91. The number of rotatable bonds is 4. The van der Waals surface area contributed by atoms with Crippen molar-refractivity contribution in [3.05, 3.63) is 31.0 Å². The zero-order chi connectivity index (χ0) is 14.1. The summed E-state index contributed by atoms with van der Waals surface area (Å²) in [6, 6.07) is 4.69. The Morgan fingerprint density at radius 2 is 2.05 bits per heavy atom. The van der Waals surface area contributed by atoms with Crippen LogP contribution in [0.1, 0.15) is 38.5 Å². The highest BCUT2D eigenvalue weighted by molar-refractivity contribution is 5.44. The molecule has 2 fully saturated rings. The molecule has 0 aliphatic heterocycles. The molecule has 0 bridgehead atoms. The molecule has 0 saturated heterocycles. The third-order valence-electron chi connectivity index (χ3n) is 4.78. The summed E-state index contributed by atoms with van der Waals surface area (Å²) in [6.07, 6.45) is 13.4. The fourth-order valence-corrected chi connectivity index (χ4v) is 3.52. The Kier molecular flexibility index (Phi) is 3.33. The van der Waals surface area contributed by atoms with Crippen LogP contribution in [0.15, 0.2) is 31.0 Å². The van der Waals surface area contributed by atoms with E-state index in [1.807, 2.05) is 12.3 Å². The van der Waals surface area contributed by atoms with Crippen LogP contribution in [0.25, 0.3) is 5.82 Å². The molecular formula is C16H21N5. The summed E-state index contributed by atoms with van der Waals surface area (Å²) in [5.41, 5.74) is 1.11. The van der Waals surface area contributed by atoms with Gasteiger partial charge < -0.3 is 5.32 Å². The standard InChI is InChI=1S/C16H21N5/c1-2-13(12-4-5-12)8-14(3-1)20-15-6-7-16(18-9-15)21-11-17-10-19-21/h6-7,9-14,20H,1-5,8H2. The molecule has 5 heteroatoms. The van der Waals surface area contributed by atoms with Crippen molar-refractivity contribution in [2.45, 2.75) is 44.6 Å². The Morgan fingerprint density at radius 1 is 1.10 bits per heavy atom. The Bertz CT molecular complexity index is 573. The minimum Gasteiger partial charge on any atom is -0.381 e. The van der Waals surface area contributed by atoms with E-state index in [0.29, 0.717) is 6.04 Å². The quantitative estimate of drug-likeness (QED) is 0.937. The Morgan fingerprint density at radius 3 is 2.76 bits per heavy atom. The van der Waals surface area contributed by atoms with Gasteiger partial charge in [-0.05, 0) is 49.7 Å². The highest BCUT2D eigenvalue weighted by Gasteiger charge is 2.34. The van der Waals surface area contributed by atoms with Gasteiger partial charge in [-0.3, -0.25) is 0 Å². The van der Waals surface area contributed by atoms with Crippen LogP contribution in [0.5, 0.6) is 0 Å². The lowest BCUT2D eigenvalue weighted by Crippen LogP contribution is -2.28. The van der Waals surface area contributed by atoms with Crippen molar-refractivity contribution < 1.29 is 0 Å². The number of nitrogens with one attached hydrogen (secondary N) is 1. The first-order valence-electron chi connectivity index (χ1n) is 7.96. The zero-order valence-corrected chi connectivity index (χ0v) is 12.2. The van der Waals surface area contributed by atoms with Gasteiger partial charge >= 0.3 is 0 Å². The average molecular weight is 283 g/mol. The second-order valence-electron chi connectivity index (χ2n) is 6.35. The number of pyridine rings is 1. The molecule has 2 aromatic heterocycles. The molecule has 2 saturated carbocycles. The van der Waals surface area contributed by atoms with Gasteiger partial charge in [0, 0.05) is 6.04 Å². The summed E-state index contributed by atoms with van der Waals surface area (Å²) < 4.78 is 1.67. The first-order chi connectivity index (χ1) is 10.4. The van der Waals surface area contributed by atoms with E-state index in [4.69, 9.17) is 0 Å². The van der Waals surface area contributed by atoms with Crippen LogP contribution in [0, 0.1) is 11.8 Å². The van der Waals surface area contributed by atoms with Crippen molar-refractivity contribution in [2.75, 3.05) is 5.32 Å². The maximum Gasteiger partial charge on any atom is 0.155 e. The molecule has 2 aromatic rings. The normalized spacial score (nSPS) is 25.7. The predicted molar refractivity (Wildman–Crippen MR) is 81.2 cm³/mol. The molecule has 2 aliphatic rings. The summed E-state index contributed by atoms with van der Waals surface area (Å²) in [6.45, 7) is 0. The van der Waals surface area contributed by atoms with Crippen LogP contribution in [-0.2, 0) is 0 Å². The fraction of sp³-hybridized carbons (Fsp3) is 0.562. The summed E-state index contributed by atoms with van der Waals surface area (Å²) in [4.78, 5) is 8.39. The molecule has 1 N–H and O–H groups in total. The molecule has 5 nitrogen and oxygen atoms in total. The van der Waals surface area contributed by atoms with E-state index in [1.54, 1.807) is 11.0 Å². The van der Waals surface area contributed by atoms with E-state index in [1.165, 1.54) is 44.9 Å². The summed E-state index contributed by atoms with van der Waals surface area (Å²) in [5, 5.41) is 7.75. The largest absolute Gasteiger partial charge is 0.381 e. The van der Waals surface area contributed by atoms with E-state index in [9.17, 15) is 0 Å². The fourth-order valence-electron chi connectivity index (χ4n) is 3.52. The highest BCUT2D eigenvalue weighted by atomic mass is 15.3. The van der Waals surface area contributed by atoms with Crippen molar-refractivity contribution in [3.8, 4) is 5.82 Å². The monoisotopic (exact) mass is 283 g/mol. The molecule has 0 amide bonds. The smallest absolute Gasteiger partial charge is 0.155 e. The zero-order valence-electron chi connectivity index (χ0n) is 12.2. The molecule has 110 valence electrons. The Balaban J connectivity index is 1.40. The van der Waals surface area contributed by atoms with E-state index in [2.05, 4.69) is 26.4 Å². The van der Waals surface area contributed by atoms with Gasteiger partial charge in [0.15, 0.2) is 5.82 Å². The lowest BCUT2D eigenvalue weighted by Gasteiger charge is -2.30. The second kappa shape index (κ2) is 5.47. The van der Waals surface area contributed by atoms with Gasteiger partial charge in [-0.15, -0.1) is 0 Å². The first kappa shape index (κ1) is 12.8. The molecule has 0 radical (unpaired) electrons. The van der Waals surface area contributed by atoms with Gasteiger partial charge in [0.1, 0.15) is 12.7 Å². The van der Waals surface area contributed by atoms with Gasteiger partial charge in [0.2, 0.25) is 0 Å². The van der Waals surface area contributed by atoms with Crippen LogP contribution in [-0.4, -0.2) is 25.8 Å². The second-order valence-corrected chi connectivity index (χ2v) is 6.35. The number of nitrogens with zero attached hydrogens (tertiary/aromatic N) is 4. The summed E-state index contributed by atoms with van der Waals surface area (Å²) >= 11 is 0. The third-order valence-corrected chi connectivity index (χ3v) is 4.78. The Hall–Kier alpha value is -1.91. The molecule has 2 unspecified atom stereocenters. The van der Waals surface area contributed by atoms with Gasteiger partial charge in [-0.2, -0.15) is 5.10 Å². The van der Waals surface area contributed by atoms with E-state index in [0.717, 1.165) is 23.3 Å². The Labute approximate surface area is 124 Å². The first-order valence-corrected chi connectivity index (χ1v) is 7.96. The molecule has 2 heterocycles. The topological polar surface area (TPSA) is 55.6 Å². The number of aromatic nitrogens is 4. The number of hydrogen-bond acceptors (Lipinski definition) is 4. The van der Waals surface area contributed by atoms with Gasteiger partial charge in [-0.25, -0.2) is 14.6 Å². The minimum atomic E-state index is 0.614. The minimum absolute atomic E-state index is 0.614. The van der Waals surface area contributed by atoms with Crippen LogP contribution in [0.4, 0.5) is 5.69 Å². The summed E-state index contributed by atoms with van der Waals surface area (Å²) in [5.74, 6) is 2.79. The lowest BCUT2D eigenvalue weighted by atomic mass is 9.82. The molecular weight excluding hydrogens is 262 g/mol. The van der Waals surface area contributed by atoms with E-state index >= 15 is 0 Å². The van der Waals surface area contributed by atoms with Gasteiger partial charge in [0.25, 0.3) is 0 Å². The number of anilines is 1. The van der Waals surface area contributed by atoms with Crippen LogP contribution >= 0.6 is 0 Å². The maximum atomic E-state index is 4.45. The lowest BCUT2D eigenvalue weighted by molar-refractivity contribution is 0.303. The van der Waals surface area contributed by atoms with Crippen molar-refractivity contribution in [1.82, 2.24) is 19.7 Å². The molecule has 2 atom stereocenters. The average Bonchev–Trinajstić information content (AvgIpc) is 3.24. The van der Waals surface area contributed by atoms with E-state index in [-0.39, 0.29) is 0 Å². The molecule has 2 aliphatic carbocycles. The van der Waals surface area contributed by atoms with Crippen molar-refractivity contribution in [2.24, 2.45) is 11.8 Å².